The molecule has 0 aliphatic heterocycles. The number of ether oxygens (including phenoxy) is 2. The lowest BCUT2D eigenvalue weighted by Crippen LogP contribution is -2.36. The highest BCUT2D eigenvalue weighted by atomic mass is 16.5. The van der Waals surface area contributed by atoms with Gasteiger partial charge < -0.3 is 20.5 Å². The minimum absolute atomic E-state index is 0.0197. The van der Waals surface area contributed by atoms with Gasteiger partial charge in [0.2, 0.25) is 5.91 Å². The fraction of sp³-hybridized carbons (Fsp3) is 0.909. The van der Waals surface area contributed by atoms with Gasteiger partial charge in [-0.05, 0) is 56.4 Å². The summed E-state index contributed by atoms with van der Waals surface area (Å²) in [5.74, 6) is -0.269. The van der Waals surface area contributed by atoms with E-state index in [0.717, 1.165) is 32.1 Å². The Kier molecular flexibility index (Phi) is 17.7. The van der Waals surface area contributed by atoms with Crippen LogP contribution in [0.1, 0.15) is 80.6 Å². The summed E-state index contributed by atoms with van der Waals surface area (Å²) in [6, 6.07) is 0. The molecule has 6 heteroatoms. The van der Waals surface area contributed by atoms with Gasteiger partial charge in [-0.15, -0.1) is 0 Å². The summed E-state index contributed by atoms with van der Waals surface area (Å²) in [5.41, 5.74) is 5.91. The van der Waals surface area contributed by atoms with Crippen molar-refractivity contribution in [1.29, 1.82) is 0 Å². The van der Waals surface area contributed by atoms with Crippen molar-refractivity contribution >= 4 is 11.7 Å². The van der Waals surface area contributed by atoms with E-state index in [2.05, 4.69) is 33.0 Å². The third kappa shape index (κ3) is 13.2. The number of rotatable bonds is 16. The molecule has 0 aliphatic carbocycles. The van der Waals surface area contributed by atoms with Gasteiger partial charge >= 0.3 is 0 Å². The van der Waals surface area contributed by atoms with E-state index in [0.29, 0.717) is 26.3 Å². The molecular weight excluding hydrogens is 356 g/mol. The zero-order chi connectivity index (χ0) is 22.1. The van der Waals surface area contributed by atoms with Gasteiger partial charge in [0, 0.05) is 6.54 Å². The number of Topliss-reactive ketones (excluding diaryl/α,β-unsaturated/α-hetero) is 1. The first-order valence-corrected chi connectivity index (χ1v) is 10.9. The van der Waals surface area contributed by atoms with Gasteiger partial charge in [-0.1, -0.05) is 41.5 Å². The lowest BCUT2D eigenvalue weighted by atomic mass is 9.79. The van der Waals surface area contributed by atoms with E-state index in [4.69, 9.17) is 15.2 Å². The molecule has 0 rings (SSSR count). The van der Waals surface area contributed by atoms with Crippen LogP contribution in [0.2, 0.25) is 0 Å². The molecule has 1 atom stereocenters. The van der Waals surface area contributed by atoms with Gasteiger partial charge in [0.1, 0.15) is 13.2 Å². The van der Waals surface area contributed by atoms with Gasteiger partial charge in [0.25, 0.3) is 0 Å². The van der Waals surface area contributed by atoms with Gasteiger partial charge in [-0.2, -0.15) is 0 Å². The first-order valence-electron chi connectivity index (χ1n) is 10.9. The molecule has 0 spiro atoms. The van der Waals surface area contributed by atoms with Gasteiger partial charge in [-0.3, -0.25) is 9.59 Å². The Morgan fingerprint density at radius 2 is 1.54 bits per heavy atom. The summed E-state index contributed by atoms with van der Waals surface area (Å²) in [5, 5.41) is 2.87. The summed E-state index contributed by atoms with van der Waals surface area (Å²) < 4.78 is 11.1. The summed E-state index contributed by atoms with van der Waals surface area (Å²) >= 11 is 0. The molecule has 0 aliphatic rings. The van der Waals surface area contributed by atoms with Crippen LogP contribution in [0.25, 0.3) is 0 Å². The molecule has 1 unspecified atom stereocenters. The topological polar surface area (TPSA) is 90.7 Å². The van der Waals surface area contributed by atoms with E-state index in [-0.39, 0.29) is 35.7 Å². The quantitative estimate of drug-likeness (QED) is 0.411. The predicted octanol–water partition coefficient (Wildman–Crippen LogP) is 3.71. The molecule has 0 aromatic heterocycles. The van der Waals surface area contributed by atoms with Crippen molar-refractivity contribution in [2.24, 2.45) is 16.6 Å². The van der Waals surface area contributed by atoms with Crippen LogP contribution in [-0.4, -0.2) is 51.2 Å². The zero-order valence-electron chi connectivity index (χ0n) is 19.5. The molecule has 1 amide bonds. The van der Waals surface area contributed by atoms with Crippen molar-refractivity contribution < 1.29 is 19.1 Å². The normalized spacial score (nSPS) is 13.3. The first-order chi connectivity index (χ1) is 13.3. The van der Waals surface area contributed by atoms with Crippen molar-refractivity contribution in [3.05, 3.63) is 0 Å². The maximum Gasteiger partial charge on any atom is 0.246 e. The summed E-state index contributed by atoms with van der Waals surface area (Å²) in [6.45, 7) is 16.8. The predicted molar refractivity (Wildman–Crippen MR) is 116 cm³/mol. The first kappa shape index (κ1) is 29.2. The molecule has 0 saturated heterocycles. The number of carbonyl (C=O) groups excluding carboxylic acids is 2. The van der Waals surface area contributed by atoms with Crippen LogP contribution in [-0.2, 0) is 19.1 Å². The molecule has 0 fully saturated rings. The smallest absolute Gasteiger partial charge is 0.246 e. The van der Waals surface area contributed by atoms with E-state index in [1.54, 1.807) is 0 Å². The molecular formula is C22H46N2O4. The van der Waals surface area contributed by atoms with E-state index in [1.807, 2.05) is 13.8 Å². The highest BCUT2D eigenvalue weighted by Crippen LogP contribution is 2.32. The van der Waals surface area contributed by atoms with Crippen molar-refractivity contribution in [2.45, 2.75) is 80.6 Å². The molecule has 0 radical (unpaired) electrons. The molecule has 0 saturated carbocycles. The van der Waals surface area contributed by atoms with Crippen molar-refractivity contribution in [1.82, 2.24) is 5.32 Å². The second-order valence-corrected chi connectivity index (χ2v) is 7.70. The number of amides is 1. The third-order valence-corrected chi connectivity index (χ3v) is 5.48. The largest absolute Gasteiger partial charge is 0.380 e. The Morgan fingerprint density at radius 1 is 0.929 bits per heavy atom. The van der Waals surface area contributed by atoms with Gasteiger partial charge in [-0.25, -0.2) is 0 Å². The molecule has 28 heavy (non-hydrogen) atoms. The van der Waals surface area contributed by atoms with Crippen LogP contribution < -0.4 is 11.1 Å². The molecule has 0 aromatic carbocycles. The minimum atomic E-state index is -0.185. The molecule has 6 nitrogen and oxygen atoms in total. The molecule has 3 N–H and O–H groups in total. The monoisotopic (exact) mass is 402 g/mol. The number of ketones is 1. The lowest BCUT2D eigenvalue weighted by Gasteiger charge is -2.34. The highest BCUT2D eigenvalue weighted by Gasteiger charge is 2.28. The number of hydrogen-bond acceptors (Lipinski definition) is 5. The minimum Gasteiger partial charge on any atom is -0.380 e. The molecule has 0 aromatic rings. The average molecular weight is 403 g/mol. The molecule has 0 heterocycles. The Hall–Kier alpha value is -0.980. The average Bonchev–Trinajstić information content (AvgIpc) is 2.68. The number of hydrogen-bond donors (Lipinski definition) is 2. The Morgan fingerprint density at radius 3 is 2.00 bits per heavy atom. The summed E-state index contributed by atoms with van der Waals surface area (Å²) in [6.07, 6.45) is 4.87. The summed E-state index contributed by atoms with van der Waals surface area (Å²) in [7, 11) is 0. The van der Waals surface area contributed by atoms with E-state index in [9.17, 15) is 9.59 Å². The standard InChI is InChI=1S/C20H40N2O4.C2H6/c1-6-19(5,9-11-21)15-26-16-20(7-2,8-3)10-12-22-18(24)14-25-13-17(4)23;1-2/h6-16,21H2,1-5H3,(H,22,24);1-2H3. The van der Waals surface area contributed by atoms with Crippen molar-refractivity contribution in [2.75, 3.05) is 39.5 Å². The number of carbonyl (C=O) groups is 2. The summed E-state index contributed by atoms with van der Waals surface area (Å²) in [4.78, 5) is 22.6. The van der Waals surface area contributed by atoms with Crippen molar-refractivity contribution in [3.63, 3.8) is 0 Å². The van der Waals surface area contributed by atoms with Crippen LogP contribution in [0, 0.1) is 10.8 Å². The van der Waals surface area contributed by atoms with Crippen LogP contribution in [0.15, 0.2) is 0 Å². The van der Waals surface area contributed by atoms with Crippen LogP contribution in [0.3, 0.4) is 0 Å². The Labute approximate surface area is 173 Å². The number of nitrogens with two attached hydrogens (primary N) is 1. The fourth-order valence-electron chi connectivity index (χ4n) is 2.90. The number of nitrogens with one attached hydrogen (secondary N) is 1. The fourth-order valence-corrected chi connectivity index (χ4v) is 2.90. The van der Waals surface area contributed by atoms with E-state index >= 15 is 0 Å². The Bertz CT molecular complexity index is 411. The SMILES string of the molecule is CC.CCC(C)(CCN)COCC(CC)(CC)CCNC(=O)COCC(C)=O. The van der Waals surface area contributed by atoms with Gasteiger partial charge in [0.15, 0.2) is 5.78 Å². The zero-order valence-corrected chi connectivity index (χ0v) is 19.5. The maximum absolute atomic E-state index is 11.8. The van der Waals surface area contributed by atoms with Crippen LogP contribution in [0.5, 0.6) is 0 Å². The lowest BCUT2D eigenvalue weighted by molar-refractivity contribution is -0.129. The Balaban J connectivity index is 0. The second-order valence-electron chi connectivity index (χ2n) is 7.70. The van der Waals surface area contributed by atoms with E-state index < -0.39 is 0 Å². The second kappa shape index (κ2) is 16.9. The maximum atomic E-state index is 11.8. The van der Waals surface area contributed by atoms with Crippen LogP contribution >= 0.6 is 0 Å². The van der Waals surface area contributed by atoms with Crippen molar-refractivity contribution in [3.8, 4) is 0 Å². The van der Waals surface area contributed by atoms with Crippen LogP contribution in [0.4, 0.5) is 0 Å². The third-order valence-electron chi connectivity index (χ3n) is 5.48. The highest BCUT2D eigenvalue weighted by molar-refractivity contribution is 5.79. The molecule has 168 valence electrons. The van der Waals surface area contributed by atoms with Gasteiger partial charge in [0.05, 0.1) is 13.2 Å². The molecule has 0 bridgehead atoms. The van der Waals surface area contributed by atoms with E-state index in [1.165, 1.54) is 6.92 Å².